The molecule has 3 N–H and O–H groups in total. The molecular formula is C17H23N3O3S. The lowest BCUT2D eigenvalue weighted by atomic mass is 9.67. The standard InChI is InChI=1S/C17H23N3O3S/c1-24-13-5-6-15(20(22)23)14(9-13)17(21)19-16-10-3-2-4-11(16)8-12(18)7-10/h5-6,9-12,16H,2-4,7-8,18H2,1H3,(H,19,21). The molecule has 2 aliphatic carbocycles. The third-order valence-corrected chi connectivity index (χ3v) is 6.04. The van der Waals surface area contributed by atoms with Gasteiger partial charge in [0.15, 0.2) is 0 Å². The second kappa shape index (κ2) is 7.11. The van der Waals surface area contributed by atoms with Crippen molar-refractivity contribution in [3.05, 3.63) is 33.9 Å². The van der Waals surface area contributed by atoms with Crippen LogP contribution in [0.5, 0.6) is 0 Å². The highest BCUT2D eigenvalue weighted by Crippen LogP contribution is 2.40. The predicted molar refractivity (Wildman–Crippen MR) is 94.2 cm³/mol. The summed E-state index contributed by atoms with van der Waals surface area (Å²) < 4.78 is 0. The van der Waals surface area contributed by atoms with Crippen LogP contribution in [0.15, 0.2) is 23.1 Å². The maximum Gasteiger partial charge on any atom is 0.282 e. The van der Waals surface area contributed by atoms with E-state index in [0.29, 0.717) is 11.8 Å². The molecule has 7 heteroatoms. The summed E-state index contributed by atoms with van der Waals surface area (Å²) in [6, 6.07) is 5.00. The molecule has 6 nitrogen and oxygen atoms in total. The van der Waals surface area contributed by atoms with Crippen LogP contribution in [0.1, 0.15) is 42.5 Å². The van der Waals surface area contributed by atoms with Gasteiger partial charge in [-0.25, -0.2) is 0 Å². The van der Waals surface area contributed by atoms with Gasteiger partial charge in [0.25, 0.3) is 11.6 Å². The number of nitro groups is 1. The molecule has 0 aliphatic heterocycles. The number of hydrogen-bond acceptors (Lipinski definition) is 5. The van der Waals surface area contributed by atoms with Crippen molar-refractivity contribution >= 4 is 23.4 Å². The molecule has 2 bridgehead atoms. The summed E-state index contributed by atoms with van der Waals surface area (Å²) in [5.41, 5.74) is 6.14. The average Bonchev–Trinajstić information content (AvgIpc) is 2.54. The van der Waals surface area contributed by atoms with Crippen LogP contribution in [-0.2, 0) is 0 Å². The summed E-state index contributed by atoms with van der Waals surface area (Å²) in [4.78, 5) is 24.4. The fourth-order valence-corrected chi connectivity index (χ4v) is 4.68. The molecule has 2 fully saturated rings. The van der Waals surface area contributed by atoms with Crippen LogP contribution in [0.3, 0.4) is 0 Å². The Hall–Kier alpha value is -1.60. The van der Waals surface area contributed by atoms with Crippen LogP contribution in [0.4, 0.5) is 5.69 Å². The highest BCUT2D eigenvalue weighted by molar-refractivity contribution is 7.98. The van der Waals surface area contributed by atoms with Crippen molar-refractivity contribution in [2.24, 2.45) is 17.6 Å². The topological polar surface area (TPSA) is 98.3 Å². The van der Waals surface area contributed by atoms with Gasteiger partial charge >= 0.3 is 0 Å². The second-order valence-electron chi connectivity index (χ2n) is 6.82. The summed E-state index contributed by atoms with van der Waals surface area (Å²) in [6.07, 6.45) is 7.05. The van der Waals surface area contributed by atoms with Gasteiger partial charge < -0.3 is 11.1 Å². The lowest BCUT2D eigenvalue weighted by molar-refractivity contribution is -0.385. The van der Waals surface area contributed by atoms with Crippen molar-refractivity contribution in [1.82, 2.24) is 5.32 Å². The molecule has 3 rings (SSSR count). The molecule has 0 radical (unpaired) electrons. The lowest BCUT2D eigenvalue weighted by Gasteiger charge is -2.45. The summed E-state index contributed by atoms with van der Waals surface area (Å²) in [7, 11) is 0. The number of thioether (sulfide) groups is 1. The van der Waals surface area contributed by atoms with E-state index in [4.69, 9.17) is 5.73 Å². The number of benzene rings is 1. The number of carbonyl (C=O) groups excluding carboxylic acids is 1. The van der Waals surface area contributed by atoms with Crippen molar-refractivity contribution in [1.29, 1.82) is 0 Å². The molecule has 0 saturated heterocycles. The molecule has 2 aliphatic rings. The number of nitrogens with one attached hydrogen (secondary N) is 1. The highest BCUT2D eigenvalue weighted by atomic mass is 32.2. The van der Waals surface area contributed by atoms with Gasteiger partial charge in [0.2, 0.25) is 0 Å². The van der Waals surface area contributed by atoms with Crippen LogP contribution >= 0.6 is 11.8 Å². The number of rotatable bonds is 4. The van der Waals surface area contributed by atoms with Gasteiger partial charge in [0, 0.05) is 23.0 Å². The van der Waals surface area contributed by atoms with Crippen molar-refractivity contribution in [3.8, 4) is 0 Å². The summed E-state index contributed by atoms with van der Waals surface area (Å²) in [5, 5.41) is 14.4. The molecule has 0 spiro atoms. The van der Waals surface area contributed by atoms with Gasteiger partial charge in [-0.2, -0.15) is 0 Å². The fourth-order valence-electron chi connectivity index (χ4n) is 4.24. The first-order valence-corrected chi connectivity index (χ1v) is 9.61. The Bertz CT molecular complexity index is 638. The molecule has 2 unspecified atom stereocenters. The van der Waals surface area contributed by atoms with E-state index in [0.717, 1.165) is 30.6 Å². The smallest absolute Gasteiger partial charge is 0.282 e. The minimum absolute atomic E-state index is 0.0867. The normalized spacial score (nSPS) is 29.1. The fraction of sp³-hybridized carbons (Fsp3) is 0.588. The quantitative estimate of drug-likeness (QED) is 0.495. The van der Waals surface area contributed by atoms with E-state index in [2.05, 4.69) is 5.32 Å². The van der Waals surface area contributed by atoms with E-state index < -0.39 is 4.92 Å². The Labute approximate surface area is 145 Å². The number of fused-ring (bicyclic) bond motifs is 2. The SMILES string of the molecule is CSc1ccc([N+](=O)[O-])c(C(=O)NC2C3CCCC2CC(N)C3)c1. The van der Waals surface area contributed by atoms with Crippen LogP contribution in [0.25, 0.3) is 0 Å². The Morgan fingerprint density at radius 2 is 2.00 bits per heavy atom. The largest absolute Gasteiger partial charge is 0.349 e. The molecule has 2 atom stereocenters. The van der Waals surface area contributed by atoms with E-state index in [1.165, 1.54) is 24.2 Å². The second-order valence-corrected chi connectivity index (χ2v) is 7.70. The number of amides is 1. The monoisotopic (exact) mass is 349 g/mol. The Kier molecular flexibility index (Phi) is 5.10. The lowest BCUT2D eigenvalue weighted by Crippen LogP contribution is -2.53. The third-order valence-electron chi connectivity index (χ3n) is 5.32. The molecule has 1 aromatic carbocycles. The molecule has 24 heavy (non-hydrogen) atoms. The molecule has 0 aromatic heterocycles. The van der Waals surface area contributed by atoms with Gasteiger partial charge in [-0.05, 0) is 55.9 Å². The van der Waals surface area contributed by atoms with E-state index in [1.54, 1.807) is 12.1 Å². The summed E-state index contributed by atoms with van der Waals surface area (Å²) in [6.45, 7) is 0. The summed E-state index contributed by atoms with van der Waals surface area (Å²) in [5.74, 6) is 0.438. The van der Waals surface area contributed by atoms with Crippen molar-refractivity contribution < 1.29 is 9.72 Å². The molecule has 1 aromatic rings. The highest BCUT2D eigenvalue weighted by Gasteiger charge is 2.40. The van der Waals surface area contributed by atoms with Crippen LogP contribution in [-0.4, -0.2) is 29.2 Å². The first kappa shape index (κ1) is 17.2. The van der Waals surface area contributed by atoms with Gasteiger partial charge in [-0.15, -0.1) is 11.8 Å². The number of nitro benzene ring substituents is 1. The van der Waals surface area contributed by atoms with Gasteiger partial charge in [0.05, 0.1) is 4.92 Å². The zero-order valence-corrected chi connectivity index (χ0v) is 14.6. The van der Waals surface area contributed by atoms with Crippen molar-refractivity contribution in [3.63, 3.8) is 0 Å². The van der Waals surface area contributed by atoms with Crippen LogP contribution in [0, 0.1) is 22.0 Å². The van der Waals surface area contributed by atoms with Gasteiger partial charge in [-0.3, -0.25) is 14.9 Å². The van der Waals surface area contributed by atoms with Gasteiger partial charge in [-0.1, -0.05) is 6.42 Å². The number of nitrogens with zero attached hydrogens (tertiary/aromatic N) is 1. The first-order valence-electron chi connectivity index (χ1n) is 8.38. The Morgan fingerprint density at radius 1 is 1.33 bits per heavy atom. The third kappa shape index (κ3) is 3.42. The van der Waals surface area contributed by atoms with Crippen molar-refractivity contribution in [2.45, 2.75) is 49.1 Å². The number of hydrogen-bond donors (Lipinski definition) is 2. The molecule has 1 amide bonds. The minimum atomic E-state index is -0.489. The Balaban J connectivity index is 1.83. The molecular weight excluding hydrogens is 326 g/mol. The number of carbonyl (C=O) groups is 1. The predicted octanol–water partition coefficient (Wildman–Crippen LogP) is 2.95. The maximum atomic E-state index is 12.8. The van der Waals surface area contributed by atoms with Gasteiger partial charge in [0.1, 0.15) is 5.56 Å². The molecule has 0 heterocycles. The van der Waals surface area contributed by atoms with E-state index in [-0.39, 0.29) is 29.2 Å². The minimum Gasteiger partial charge on any atom is -0.349 e. The molecule has 130 valence electrons. The van der Waals surface area contributed by atoms with E-state index >= 15 is 0 Å². The zero-order valence-electron chi connectivity index (χ0n) is 13.7. The van der Waals surface area contributed by atoms with Crippen LogP contribution in [0.2, 0.25) is 0 Å². The first-order chi connectivity index (χ1) is 11.5. The van der Waals surface area contributed by atoms with E-state index in [1.807, 2.05) is 6.26 Å². The summed E-state index contributed by atoms with van der Waals surface area (Å²) >= 11 is 1.46. The maximum absolute atomic E-state index is 12.8. The zero-order chi connectivity index (χ0) is 17.3. The number of nitrogens with two attached hydrogens (primary N) is 1. The van der Waals surface area contributed by atoms with E-state index in [9.17, 15) is 14.9 Å². The van der Waals surface area contributed by atoms with Crippen molar-refractivity contribution in [2.75, 3.05) is 6.26 Å². The molecule has 2 saturated carbocycles. The van der Waals surface area contributed by atoms with Crippen LogP contribution < -0.4 is 11.1 Å². The average molecular weight is 349 g/mol. The Morgan fingerprint density at radius 3 is 2.58 bits per heavy atom.